The van der Waals surface area contributed by atoms with Crippen LogP contribution in [-0.2, 0) is 31.5 Å². The molecular formula is C9H7BF4FeO3. The summed E-state index contributed by atoms with van der Waals surface area (Å²) in [5.74, 6) is 0. The zero-order valence-electron chi connectivity index (χ0n) is 8.76. The smallest absolute Gasteiger partial charge is 0.418 e. The Balaban J connectivity index is -0.0000000431. The fourth-order valence-corrected chi connectivity index (χ4v) is 0.457. The topological polar surface area (TPSA) is 51.2 Å². The quantitative estimate of drug-likeness (QED) is 0.390. The molecule has 100 valence electrons. The van der Waals surface area contributed by atoms with E-state index in [4.69, 9.17) is 14.4 Å². The van der Waals surface area contributed by atoms with Gasteiger partial charge in [-0.2, -0.15) is 0 Å². The molecule has 0 aliphatic heterocycles. The van der Waals surface area contributed by atoms with Crippen LogP contribution in [0.3, 0.4) is 0 Å². The maximum atomic E-state index is 9.75. The Kier molecular flexibility index (Phi) is 49.5. The number of carbonyl (C=O) groups excluding carboxylic acids is 3. The molecule has 18 heavy (non-hydrogen) atoms. The maximum Gasteiger partial charge on any atom is 0.673 e. The van der Waals surface area contributed by atoms with Crippen molar-refractivity contribution in [3.05, 3.63) is 30.7 Å². The van der Waals surface area contributed by atoms with Gasteiger partial charge in [0.25, 0.3) is 20.4 Å². The van der Waals surface area contributed by atoms with E-state index >= 15 is 0 Å². The summed E-state index contributed by atoms with van der Waals surface area (Å²) in [5, 5.41) is 0. The molecule has 0 N–H and O–H groups in total. The van der Waals surface area contributed by atoms with Crippen molar-refractivity contribution in [3.8, 4) is 0 Å². The third kappa shape index (κ3) is 126. The van der Waals surface area contributed by atoms with Crippen LogP contribution in [0, 0.1) is 6.42 Å². The average molecular weight is 306 g/mol. The average Bonchev–Trinajstić information content (AvgIpc) is 2.37. The van der Waals surface area contributed by atoms with Gasteiger partial charge in [-0.15, -0.1) is 0 Å². The van der Waals surface area contributed by atoms with E-state index in [1.807, 2.05) is 6.08 Å². The van der Waals surface area contributed by atoms with Gasteiger partial charge in [-0.25, -0.2) is 0 Å². The number of halogens is 4. The summed E-state index contributed by atoms with van der Waals surface area (Å²) >= 11 is 0. The van der Waals surface area contributed by atoms with E-state index in [1.165, 1.54) is 0 Å². The molecule has 0 saturated heterocycles. The first-order valence-corrected chi connectivity index (χ1v) is 3.64. The molecule has 0 aromatic carbocycles. The summed E-state index contributed by atoms with van der Waals surface area (Å²) in [7, 11) is -6.00. The number of allylic oxidation sites excluding steroid dienone is 4. The Bertz CT molecular complexity index is 178. The van der Waals surface area contributed by atoms with Crippen LogP contribution in [0.5, 0.6) is 0 Å². The second-order valence-corrected chi connectivity index (χ2v) is 1.78. The molecule has 0 spiro atoms. The first kappa shape index (κ1) is 30.1. The van der Waals surface area contributed by atoms with Gasteiger partial charge in [0.2, 0.25) is 0 Å². The van der Waals surface area contributed by atoms with E-state index < -0.39 is 7.25 Å². The third-order valence-electron chi connectivity index (χ3n) is 0.767. The van der Waals surface area contributed by atoms with Gasteiger partial charge in [0.15, 0.2) is 0 Å². The largest absolute Gasteiger partial charge is 0.673 e. The first-order valence-electron chi connectivity index (χ1n) is 3.64. The molecule has 0 aromatic rings. The van der Waals surface area contributed by atoms with Crippen molar-refractivity contribution >= 4 is 27.6 Å². The van der Waals surface area contributed by atoms with Crippen molar-refractivity contribution in [2.75, 3.05) is 0 Å². The zero-order valence-corrected chi connectivity index (χ0v) is 9.87. The van der Waals surface area contributed by atoms with Crippen LogP contribution in [0.25, 0.3) is 0 Å². The maximum absolute atomic E-state index is 9.75. The van der Waals surface area contributed by atoms with Crippen molar-refractivity contribution in [2.45, 2.75) is 6.42 Å². The van der Waals surface area contributed by atoms with E-state index in [1.54, 1.807) is 0 Å². The summed E-state index contributed by atoms with van der Waals surface area (Å²) in [6, 6.07) is 0. The van der Waals surface area contributed by atoms with Crippen LogP contribution in [-0.4, -0.2) is 27.6 Å². The van der Waals surface area contributed by atoms with Crippen LogP contribution in [0.1, 0.15) is 6.42 Å². The van der Waals surface area contributed by atoms with Crippen LogP contribution >= 0.6 is 0 Å². The van der Waals surface area contributed by atoms with Gasteiger partial charge in [-0.1, -0.05) is 0 Å². The SMILES string of the molecule is C1=C[CH+]CC=C1.F[B-](F)(F)F.[C]=O.[C]=O.[C]=O.[Fe]. The third-order valence-corrected chi connectivity index (χ3v) is 0.767. The molecule has 9 heteroatoms. The predicted molar refractivity (Wildman–Crippen MR) is 54.5 cm³/mol. The molecule has 1 aliphatic carbocycles. The second kappa shape index (κ2) is 29.6. The van der Waals surface area contributed by atoms with Crippen molar-refractivity contribution in [1.82, 2.24) is 0 Å². The normalized spacial score (nSPS) is 9.78. The Morgan fingerprint density at radius 1 is 0.889 bits per heavy atom. The summed E-state index contributed by atoms with van der Waals surface area (Å²) in [4.78, 5) is 22.5. The molecule has 0 atom stereocenters. The van der Waals surface area contributed by atoms with E-state index in [2.05, 4.69) is 45.0 Å². The Hall–Kier alpha value is -1.34. The van der Waals surface area contributed by atoms with E-state index in [0.29, 0.717) is 0 Å². The number of hydrogen-bond donors (Lipinski definition) is 0. The van der Waals surface area contributed by atoms with Crippen molar-refractivity contribution < 1.29 is 48.7 Å². The van der Waals surface area contributed by atoms with Crippen LogP contribution < -0.4 is 0 Å². The predicted octanol–water partition coefficient (Wildman–Crippen LogP) is 1.81. The number of hydrogen-bond acceptors (Lipinski definition) is 3. The van der Waals surface area contributed by atoms with Crippen molar-refractivity contribution in [1.29, 1.82) is 0 Å². The van der Waals surface area contributed by atoms with E-state index in [9.17, 15) is 17.3 Å². The molecule has 0 amide bonds. The molecule has 0 aromatic heterocycles. The molecular weight excluding hydrogens is 299 g/mol. The zero-order chi connectivity index (χ0) is 14.7. The van der Waals surface area contributed by atoms with Gasteiger partial charge in [-0.3, -0.25) is 14.4 Å². The summed E-state index contributed by atoms with van der Waals surface area (Å²) in [6.45, 7) is 13.5. The minimum Gasteiger partial charge on any atom is -0.418 e. The molecule has 6 radical (unpaired) electrons. The molecule has 0 bridgehead atoms. The van der Waals surface area contributed by atoms with Crippen LogP contribution in [0.15, 0.2) is 24.3 Å². The molecule has 3 nitrogen and oxygen atoms in total. The molecule has 0 saturated carbocycles. The van der Waals surface area contributed by atoms with Crippen LogP contribution in [0.4, 0.5) is 17.3 Å². The minimum absolute atomic E-state index is 0. The van der Waals surface area contributed by atoms with Gasteiger partial charge in [0.1, 0.15) is 0 Å². The van der Waals surface area contributed by atoms with Crippen LogP contribution in [0.2, 0.25) is 0 Å². The minimum atomic E-state index is -6.00. The Labute approximate surface area is 114 Å². The summed E-state index contributed by atoms with van der Waals surface area (Å²) < 4.78 is 39.0. The standard InChI is InChI=1S/C6H7.3CO.BF4.Fe/c1-2-4-6-5-3-1;3*1-2;2-1(3,4)5;/h1-5H,6H2;;;;;/q+1;;;;-1;. The Morgan fingerprint density at radius 2 is 1.22 bits per heavy atom. The van der Waals surface area contributed by atoms with Gasteiger partial charge >= 0.3 is 7.25 Å². The van der Waals surface area contributed by atoms with E-state index in [-0.39, 0.29) is 17.1 Å². The van der Waals surface area contributed by atoms with Gasteiger partial charge in [-0.05, 0) is 6.08 Å². The monoisotopic (exact) mass is 306 g/mol. The van der Waals surface area contributed by atoms with Gasteiger partial charge < -0.3 is 17.3 Å². The molecule has 1 rings (SSSR count). The summed E-state index contributed by atoms with van der Waals surface area (Å²) in [5.41, 5.74) is 0. The Morgan fingerprint density at radius 3 is 1.28 bits per heavy atom. The molecule has 1 aliphatic rings. The number of rotatable bonds is 0. The van der Waals surface area contributed by atoms with Crippen molar-refractivity contribution in [3.63, 3.8) is 0 Å². The molecule has 0 fully saturated rings. The summed E-state index contributed by atoms with van der Waals surface area (Å²) in [6.07, 6.45) is 11.5. The van der Waals surface area contributed by atoms with Gasteiger partial charge in [0.05, 0.1) is 18.6 Å². The molecule has 0 heterocycles. The first-order chi connectivity index (χ1) is 8.00. The van der Waals surface area contributed by atoms with Gasteiger partial charge in [0, 0.05) is 29.6 Å². The molecule has 0 unspecified atom stereocenters. The van der Waals surface area contributed by atoms with E-state index in [0.717, 1.165) is 6.42 Å². The fourth-order valence-electron chi connectivity index (χ4n) is 0.457. The van der Waals surface area contributed by atoms with Crippen molar-refractivity contribution in [2.24, 2.45) is 0 Å². The second-order valence-electron chi connectivity index (χ2n) is 1.78. The fraction of sp³-hybridized carbons (Fsp3) is 0.111.